The number of thioether (sulfide) groups is 1. The zero-order valence-electron chi connectivity index (χ0n) is 13.8. The minimum absolute atomic E-state index is 0.0732. The van der Waals surface area contributed by atoms with Gasteiger partial charge in [-0.05, 0) is 32.0 Å². The van der Waals surface area contributed by atoms with Gasteiger partial charge in [-0.3, -0.25) is 4.79 Å². The van der Waals surface area contributed by atoms with Gasteiger partial charge in [0.1, 0.15) is 5.70 Å². The Morgan fingerprint density at radius 1 is 1.52 bits per heavy atom. The van der Waals surface area contributed by atoms with Crippen molar-refractivity contribution in [2.45, 2.75) is 45.1 Å². The Hall–Kier alpha value is -1.09. The van der Waals surface area contributed by atoms with Crippen molar-refractivity contribution in [3.8, 4) is 0 Å². The summed E-state index contributed by atoms with van der Waals surface area (Å²) in [7, 11) is -1.77. The van der Waals surface area contributed by atoms with E-state index in [4.69, 9.17) is 9.53 Å². The number of aliphatic carboxylic acids is 1. The SMILES string of the molecule is C[C@@H](O[Si](C)(C)C)[C@H]1C(=O)N2C(C(=O)O)=C(S/C=C\CO)C[C@H]12. The number of carbonyl (C=O) groups excluding carboxylic acids is 1. The number of carbonyl (C=O) groups is 2. The van der Waals surface area contributed by atoms with Gasteiger partial charge in [-0.2, -0.15) is 0 Å². The number of rotatable bonds is 7. The first-order valence-corrected chi connectivity index (χ1v) is 11.9. The summed E-state index contributed by atoms with van der Waals surface area (Å²) in [4.78, 5) is 26.0. The Morgan fingerprint density at radius 2 is 2.17 bits per heavy atom. The predicted molar refractivity (Wildman–Crippen MR) is 91.1 cm³/mol. The van der Waals surface area contributed by atoms with Crippen molar-refractivity contribution in [3.05, 3.63) is 22.1 Å². The molecule has 0 aromatic rings. The number of hydrogen-bond donors (Lipinski definition) is 2. The Morgan fingerprint density at radius 3 is 2.70 bits per heavy atom. The largest absolute Gasteiger partial charge is 0.477 e. The molecule has 2 aliphatic heterocycles. The summed E-state index contributed by atoms with van der Waals surface area (Å²) in [6, 6.07) is -0.134. The smallest absolute Gasteiger partial charge is 0.353 e. The molecule has 3 atom stereocenters. The van der Waals surface area contributed by atoms with E-state index < -0.39 is 14.3 Å². The molecule has 2 heterocycles. The number of fused-ring (bicyclic) bond motifs is 1. The highest BCUT2D eigenvalue weighted by Gasteiger charge is 2.57. The summed E-state index contributed by atoms with van der Waals surface area (Å²) < 4.78 is 6.02. The Labute approximate surface area is 141 Å². The molecule has 23 heavy (non-hydrogen) atoms. The number of carboxylic acid groups (broad SMARTS) is 1. The van der Waals surface area contributed by atoms with Crippen LogP contribution < -0.4 is 0 Å². The fraction of sp³-hybridized carbons (Fsp3) is 0.600. The van der Waals surface area contributed by atoms with Crippen molar-refractivity contribution >= 4 is 32.0 Å². The normalized spacial score (nSPS) is 25.8. The molecule has 0 saturated carbocycles. The molecule has 128 valence electrons. The van der Waals surface area contributed by atoms with Gasteiger partial charge in [-0.1, -0.05) is 6.08 Å². The average molecular weight is 358 g/mol. The molecule has 0 aromatic carbocycles. The van der Waals surface area contributed by atoms with Crippen molar-refractivity contribution in [1.82, 2.24) is 4.90 Å². The molecule has 6 nitrogen and oxygen atoms in total. The van der Waals surface area contributed by atoms with Crippen LogP contribution in [0.5, 0.6) is 0 Å². The van der Waals surface area contributed by atoms with E-state index in [1.165, 1.54) is 16.7 Å². The number of aliphatic hydroxyl groups is 1. The lowest BCUT2D eigenvalue weighted by Crippen LogP contribution is -2.63. The van der Waals surface area contributed by atoms with E-state index in [1.807, 2.05) is 6.92 Å². The first-order chi connectivity index (χ1) is 10.7. The van der Waals surface area contributed by atoms with Crippen molar-refractivity contribution in [1.29, 1.82) is 0 Å². The molecule has 0 aromatic heterocycles. The topological polar surface area (TPSA) is 87.1 Å². The number of hydrogen-bond acceptors (Lipinski definition) is 5. The second-order valence-corrected chi connectivity index (χ2v) is 12.2. The standard InChI is InChI=1S/C15H23NO5SSi/c1-9(21-23(2,3)4)12-10-8-11(22-7-5-6-17)13(15(19)20)16(10)14(12)18/h5,7,9-10,12,17H,6,8H2,1-4H3,(H,19,20)/b7-5-/t9-,10-,12-/m1/s1. The zero-order chi connectivity index (χ0) is 17.4. The molecule has 1 amide bonds. The molecule has 2 aliphatic rings. The molecule has 0 radical (unpaired) electrons. The summed E-state index contributed by atoms with van der Waals surface area (Å²) in [6.45, 7) is 8.01. The van der Waals surface area contributed by atoms with Gasteiger partial charge in [0.25, 0.3) is 0 Å². The van der Waals surface area contributed by atoms with Crippen molar-refractivity contribution in [2.24, 2.45) is 5.92 Å². The first-order valence-electron chi connectivity index (χ1n) is 7.57. The fourth-order valence-electron chi connectivity index (χ4n) is 3.13. The van der Waals surface area contributed by atoms with Gasteiger partial charge >= 0.3 is 5.97 Å². The maximum Gasteiger partial charge on any atom is 0.353 e. The highest BCUT2D eigenvalue weighted by atomic mass is 32.2. The van der Waals surface area contributed by atoms with Crippen molar-refractivity contribution < 1.29 is 24.2 Å². The number of amides is 1. The fourth-order valence-corrected chi connectivity index (χ4v) is 5.30. The third kappa shape index (κ3) is 3.71. The van der Waals surface area contributed by atoms with Crippen LogP contribution in [0.4, 0.5) is 0 Å². The van der Waals surface area contributed by atoms with Crippen molar-refractivity contribution in [3.63, 3.8) is 0 Å². The molecular weight excluding hydrogens is 334 g/mol. The number of nitrogens with zero attached hydrogens (tertiary/aromatic N) is 1. The second-order valence-electron chi connectivity index (χ2n) is 6.69. The van der Waals surface area contributed by atoms with E-state index in [0.29, 0.717) is 11.3 Å². The molecule has 0 bridgehead atoms. The van der Waals surface area contributed by atoms with Crippen LogP contribution in [0.3, 0.4) is 0 Å². The number of β-lactam (4-membered cyclic amide) rings is 1. The molecule has 0 aliphatic carbocycles. The highest BCUT2D eigenvalue weighted by Crippen LogP contribution is 2.47. The molecule has 0 unspecified atom stereocenters. The summed E-state index contributed by atoms with van der Waals surface area (Å²) in [5.41, 5.74) is 0.0732. The Bertz CT molecular complexity index is 569. The third-order valence-corrected chi connectivity index (χ3v) is 5.88. The second kappa shape index (κ2) is 6.80. The molecule has 2 N–H and O–H groups in total. The summed E-state index contributed by atoms with van der Waals surface area (Å²) in [6.07, 6.45) is 1.86. The summed E-state index contributed by atoms with van der Waals surface area (Å²) in [5.74, 6) is -1.53. The molecular formula is C15H23NO5SSi. The monoisotopic (exact) mass is 357 g/mol. The molecule has 1 fully saturated rings. The maximum absolute atomic E-state index is 12.5. The predicted octanol–water partition coefficient (Wildman–Crippen LogP) is 1.99. The van der Waals surface area contributed by atoms with Crippen LogP contribution in [0.15, 0.2) is 22.1 Å². The Balaban J connectivity index is 2.15. The van der Waals surface area contributed by atoms with E-state index in [1.54, 1.807) is 11.5 Å². The van der Waals surface area contributed by atoms with Crippen LogP contribution in [0.2, 0.25) is 19.6 Å². The summed E-state index contributed by atoms with van der Waals surface area (Å²) in [5, 5.41) is 19.9. The third-order valence-electron chi connectivity index (χ3n) is 3.83. The first kappa shape index (κ1) is 18.2. The Kier molecular flexibility index (Phi) is 5.39. The van der Waals surface area contributed by atoms with Gasteiger partial charge in [0, 0.05) is 11.3 Å². The van der Waals surface area contributed by atoms with Crippen LogP contribution in [0, 0.1) is 5.92 Å². The van der Waals surface area contributed by atoms with E-state index in [2.05, 4.69) is 19.6 Å². The van der Waals surface area contributed by atoms with Gasteiger partial charge < -0.3 is 19.5 Å². The molecule has 2 rings (SSSR count). The summed E-state index contributed by atoms with van der Waals surface area (Å²) >= 11 is 1.25. The minimum atomic E-state index is -1.77. The number of aliphatic hydroxyl groups excluding tert-OH is 1. The minimum Gasteiger partial charge on any atom is -0.477 e. The zero-order valence-corrected chi connectivity index (χ0v) is 15.6. The lowest BCUT2D eigenvalue weighted by atomic mass is 9.83. The quantitative estimate of drug-likeness (QED) is 0.535. The van der Waals surface area contributed by atoms with Crippen LogP contribution in [0.25, 0.3) is 0 Å². The van der Waals surface area contributed by atoms with Crippen LogP contribution >= 0.6 is 11.8 Å². The maximum atomic E-state index is 12.5. The molecule has 1 saturated heterocycles. The highest BCUT2D eigenvalue weighted by molar-refractivity contribution is 8.05. The number of carboxylic acids is 1. The van der Waals surface area contributed by atoms with Gasteiger partial charge in [-0.25, -0.2) is 4.79 Å². The molecule has 8 heteroatoms. The van der Waals surface area contributed by atoms with E-state index >= 15 is 0 Å². The average Bonchev–Trinajstić information content (AvgIpc) is 2.71. The lowest BCUT2D eigenvalue weighted by molar-refractivity contribution is -0.160. The van der Waals surface area contributed by atoms with Gasteiger partial charge in [0.15, 0.2) is 8.32 Å². The van der Waals surface area contributed by atoms with Gasteiger partial charge in [-0.15, -0.1) is 11.8 Å². The van der Waals surface area contributed by atoms with Crippen LogP contribution in [-0.2, 0) is 14.0 Å². The van der Waals surface area contributed by atoms with Gasteiger partial charge in [0.05, 0.1) is 24.7 Å². The van der Waals surface area contributed by atoms with Crippen LogP contribution in [0.1, 0.15) is 13.3 Å². The van der Waals surface area contributed by atoms with E-state index in [9.17, 15) is 14.7 Å². The van der Waals surface area contributed by atoms with Gasteiger partial charge in [0.2, 0.25) is 5.91 Å². The van der Waals surface area contributed by atoms with E-state index in [0.717, 1.165) is 0 Å². The van der Waals surface area contributed by atoms with Crippen molar-refractivity contribution in [2.75, 3.05) is 6.61 Å². The van der Waals surface area contributed by atoms with Crippen LogP contribution in [-0.4, -0.2) is 54.1 Å². The van der Waals surface area contributed by atoms with E-state index in [-0.39, 0.29) is 36.3 Å². The lowest BCUT2D eigenvalue weighted by Gasteiger charge is -2.46. The molecule has 0 spiro atoms.